The topological polar surface area (TPSA) is 41.6 Å². The Bertz CT molecular complexity index is 519. The molecule has 1 aromatic rings. The Kier molecular flexibility index (Phi) is 4.99. The van der Waals surface area contributed by atoms with Gasteiger partial charge in [0.1, 0.15) is 5.00 Å². The van der Waals surface area contributed by atoms with Crippen LogP contribution in [0.1, 0.15) is 40.1 Å². The van der Waals surface area contributed by atoms with Crippen LogP contribution < -0.4 is 5.32 Å². The van der Waals surface area contributed by atoms with E-state index in [9.17, 15) is 4.79 Å². The maximum Gasteiger partial charge on any atom is 0.341 e. The molecule has 0 radical (unpaired) electrons. The second kappa shape index (κ2) is 6.54. The minimum absolute atomic E-state index is 0.309. The summed E-state index contributed by atoms with van der Waals surface area (Å²) >= 11 is 7.01. The molecule has 0 bridgehead atoms. The Balaban J connectivity index is 2.18. The fourth-order valence-electron chi connectivity index (χ4n) is 2.34. The number of carbonyl (C=O) groups excluding carboxylic acids is 1. The normalized spacial score (nSPS) is 15.1. The van der Waals surface area contributed by atoms with Crippen LogP contribution in [0.4, 0.5) is 5.00 Å². The zero-order chi connectivity index (χ0) is 14.7. The molecule has 6 heteroatoms. The number of rotatable bonds is 2. The van der Waals surface area contributed by atoms with Gasteiger partial charge in [-0.15, -0.1) is 11.3 Å². The zero-order valence-electron chi connectivity index (χ0n) is 12.1. The molecule has 1 N–H and O–H groups in total. The third kappa shape index (κ3) is 3.12. The molecule has 0 amide bonds. The van der Waals surface area contributed by atoms with Gasteiger partial charge >= 0.3 is 5.97 Å². The van der Waals surface area contributed by atoms with E-state index in [0.717, 1.165) is 28.5 Å². The predicted octanol–water partition coefficient (Wildman–Crippen LogP) is 3.33. The number of piperidine rings is 1. The van der Waals surface area contributed by atoms with Crippen molar-refractivity contribution >= 4 is 39.6 Å². The Morgan fingerprint density at radius 3 is 2.55 bits per heavy atom. The van der Waals surface area contributed by atoms with Gasteiger partial charge in [-0.2, -0.15) is 0 Å². The average molecular weight is 312 g/mol. The molecular formula is C14H20N2O2S2. The van der Waals surface area contributed by atoms with E-state index in [0.29, 0.717) is 10.7 Å². The van der Waals surface area contributed by atoms with Gasteiger partial charge in [0.25, 0.3) is 0 Å². The summed E-state index contributed by atoms with van der Waals surface area (Å²) in [4.78, 5) is 15.2. The quantitative estimate of drug-likeness (QED) is 0.670. The highest BCUT2D eigenvalue weighted by atomic mass is 32.1. The lowest BCUT2D eigenvalue weighted by molar-refractivity contribution is 0.0601. The van der Waals surface area contributed by atoms with E-state index < -0.39 is 0 Å². The minimum atomic E-state index is -0.309. The number of methoxy groups -OCH3 is 1. The van der Waals surface area contributed by atoms with Crippen LogP contribution in [0, 0.1) is 13.8 Å². The molecule has 1 fully saturated rings. The van der Waals surface area contributed by atoms with Gasteiger partial charge in [0.05, 0.1) is 12.7 Å². The van der Waals surface area contributed by atoms with Crippen molar-refractivity contribution in [3.05, 3.63) is 16.0 Å². The first-order valence-electron chi connectivity index (χ1n) is 6.78. The van der Waals surface area contributed by atoms with Gasteiger partial charge < -0.3 is 15.0 Å². The molecule has 0 atom stereocenters. The largest absolute Gasteiger partial charge is 0.465 e. The van der Waals surface area contributed by atoms with Gasteiger partial charge in [0.15, 0.2) is 5.11 Å². The van der Waals surface area contributed by atoms with Crippen molar-refractivity contribution in [2.24, 2.45) is 0 Å². The molecule has 0 unspecified atom stereocenters. The third-order valence-electron chi connectivity index (χ3n) is 3.64. The number of ether oxygens (including phenoxy) is 1. The Labute approximate surface area is 129 Å². The van der Waals surface area contributed by atoms with E-state index in [2.05, 4.69) is 10.2 Å². The number of anilines is 1. The summed E-state index contributed by atoms with van der Waals surface area (Å²) in [5.41, 5.74) is 1.57. The van der Waals surface area contributed by atoms with Crippen LogP contribution >= 0.6 is 23.6 Å². The van der Waals surface area contributed by atoms with Crippen molar-refractivity contribution in [1.82, 2.24) is 4.90 Å². The van der Waals surface area contributed by atoms with Crippen LogP contribution in [0.15, 0.2) is 0 Å². The van der Waals surface area contributed by atoms with Gasteiger partial charge in [-0.05, 0) is 50.9 Å². The fourth-order valence-corrected chi connectivity index (χ4v) is 3.73. The second-order valence-corrected chi connectivity index (χ2v) is 6.57. The Hall–Kier alpha value is -1.14. The monoisotopic (exact) mass is 312 g/mol. The molecule has 4 nitrogen and oxygen atoms in total. The molecule has 0 saturated carbocycles. The summed E-state index contributed by atoms with van der Waals surface area (Å²) in [6.45, 7) is 5.92. The highest BCUT2D eigenvalue weighted by Gasteiger charge is 2.22. The summed E-state index contributed by atoms with van der Waals surface area (Å²) in [6, 6.07) is 0. The van der Waals surface area contributed by atoms with Crippen molar-refractivity contribution in [2.45, 2.75) is 33.1 Å². The highest BCUT2D eigenvalue weighted by Crippen LogP contribution is 2.33. The number of hydrogen-bond acceptors (Lipinski definition) is 4. The van der Waals surface area contributed by atoms with Crippen LogP contribution in [0.5, 0.6) is 0 Å². The molecule has 1 aromatic heterocycles. The van der Waals surface area contributed by atoms with Crippen molar-refractivity contribution in [1.29, 1.82) is 0 Å². The number of likely N-dealkylation sites (tertiary alicyclic amines) is 1. The predicted molar refractivity (Wildman–Crippen MR) is 86.8 cm³/mol. The second-order valence-electron chi connectivity index (χ2n) is 4.96. The maximum atomic E-state index is 11.9. The zero-order valence-corrected chi connectivity index (χ0v) is 13.7. The van der Waals surface area contributed by atoms with Gasteiger partial charge in [-0.25, -0.2) is 4.79 Å². The summed E-state index contributed by atoms with van der Waals surface area (Å²) in [7, 11) is 1.40. The van der Waals surface area contributed by atoms with Crippen LogP contribution in [-0.4, -0.2) is 36.2 Å². The van der Waals surface area contributed by atoms with E-state index >= 15 is 0 Å². The number of nitrogens with one attached hydrogen (secondary N) is 1. The number of esters is 1. The molecule has 0 aliphatic carbocycles. The highest BCUT2D eigenvalue weighted by molar-refractivity contribution is 7.80. The SMILES string of the molecule is COC(=O)c1c(NC(=S)N2CCCCC2)sc(C)c1C. The molecule has 1 saturated heterocycles. The Morgan fingerprint density at radius 2 is 1.95 bits per heavy atom. The maximum absolute atomic E-state index is 11.9. The molecule has 20 heavy (non-hydrogen) atoms. The van der Waals surface area contributed by atoms with Gasteiger partial charge in [0, 0.05) is 18.0 Å². The third-order valence-corrected chi connectivity index (χ3v) is 5.12. The number of hydrogen-bond donors (Lipinski definition) is 1. The van der Waals surface area contributed by atoms with E-state index in [-0.39, 0.29) is 5.97 Å². The number of thiophene rings is 1. The van der Waals surface area contributed by atoms with E-state index in [1.54, 1.807) is 11.3 Å². The van der Waals surface area contributed by atoms with Crippen molar-refractivity contribution < 1.29 is 9.53 Å². The van der Waals surface area contributed by atoms with Crippen LogP contribution in [0.3, 0.4) is 0 Å². The molecule has 2 heterocycles. The van der Waals surface area contributed by atoms with E-state index in [4.69, 9.17) is 17.0 Å². The molecule has 1 aliphatic heterocycles. The molecule has 0 aromatic carbocycles. The molecule has 110 valence electrons. The summed E-state index contributed by atoms with van der Waals surface area (Å²) in [5, 5.41) is 4.73. The summed E-state index contributed by atoms with van der Waals surface area (Å²) < 4.78 is 4.87. The lowest BCUT2D eigenvalue weighted by atomic mass is 10.1. The van der Waals surface area contributed by atoms with Crippen LogP contribution in [0.2, 0.25) is 0 Å². The fraction of sp³-hybridized carbons (Fsp3) is 0.571. The number of carbonyl (C=O) groups is 1. The van der Waals surface area contributed by atoms with Crippen LogP contribution in [-0.2, 0) is 4.74 Å². The summed E-state index contributed by atoms with van der Waals surface area (Å²) in [6.07, 6.45) is 3.62. The van der Waals surface area contributed by atoms with Gasteiger partial charge in [-0.3, -0.25) is 0 Å². The van der Waals surface area contributed by atoms with E-state index in [1.807, 2.05) is 13.8 Å². The van der Waals surface area contributed by atoms with Gasteiger partial charge in [0.2, 0.25) is 0 Å². The number of aryl methyl sites for hydroxylation is 1. The molecule has 0 spiro atoms. The average Bonchev–Trinajstić information content (AvgIpc) is 2.74. The van der Waals surface area contributed by atoms with Gasteiger partial charge in [-0.1, -0.05) is 0 Å². The lowest BCUT2D eigenvalue weighted by Crippen LogP contribution is -2.38. The first kappa shape index (κ1) is 15.3. The Morgan fingerprint density at radius 1 is 1.30 bits per heavy atom. The molecular weight excluding hydrogens is 292 g/mol. The first-order chi connectivity index (χ1) is 9.54. The summed E-state index contributed by atoms with van der Waals surface area (Å²) in [5.74, 6) is -0.309. The number of nitrogens with zero attached hydrogens (tertiary/aromatic N) is 1. The van der Waals surface area contributed by atoms with Crippen molar-refractivity contribution in [2.75, 3.05) is 25.5 Å². The van der Waals surface area contributed by atoms with Crippen LogP contribution in [0.25, 0.3) is 0 Å². The van der Waals surface area contributed by atoms with Crippen molar-refractivity contribution in [3.8, 4) is 0 Å². The lowest BCUT2D eigenvalue weighted by Gasteiger charge is -2.29. The molecule has 2 rings (SSSR count). The van der Waals surface area contributed by atoms with E-state index in [1.165, 1.54) is 26.4 Å². The smallest absolute Gasteiger partial charge is 0.341 e. The minimum Gasteiger partial charge on any atom is -0.465 e. The molecule has 1 aliphatic rings. The first-order valence-corrected chi connectivity index (χ1v) is 8.01. The van der Waals surface area contributed by atoms with Crippen molar-refractivity contribution in [3.63, 3.8) is 0 Å². The standard InChI is InChI=1S/C14H20N2O2S2/c1-9-10(2)20-12(11(9)13(17)18-3)15-14(19)16-7-5-4-6-8-16/h4-8H2,1-3H3,(H,15,19). The number of thiocarbonyl (C=S) groups is 1.